The highest BCUT2D eigenvalue weighted by atomic mass is 16.6. The monoisotopic (exact) mass is 510 g/mol. The van der Waals surface area contributed by atoms with Crippen molar-refractivity contribution in [3.05, 3.63) is 54.6 Å². The van der Waals surface area contributed by atoms with Crippen LogP contribution in [0.1, 0.15) is 43.7 Å². The molecule has 1 N–H and O–H groups in total. The highest BCUT2D eigenvalue weighted by molar-refractivity contribution is 6.05. The minimum absolute atomic E-state index is 0.124. The van der Waals surface area contributed by atoms with Gasteiger partial charge in [0.25, 0.3) is 5.91 Å². The number of likely N-dealkylation sites (tertiary alicyclic amines) is 1. The second-order valence-corrected chi connectivity index (χ2v) is 10.6. The number of esters is 1. The van der Waals surface area contributed by atoms with Gasteiger partial charge < -0.3 is 24.4 Å². The third kappa shape index (κ3) is 4.40. The summed E-state index contributed by atoms with van der Waals surface area (Å²) in [7, 11) is 0. The van der Waals surface area contributed by atoms with E-state index in [2.05, 4.69) is 13.2 Å². The van der Waals surface area contributed by atoms with Gasteiger partial charge in [-0.2, -0.15) is 0 Å². The van der Waals surface area contributed by atoms with Crippen LogP contribution in [0.25, 0.3) is 0 Å². The van der Waals surface area contributed by atoms with E-state index in [1.807, 2.05) is 39.0 Å². The van der Waals surface area contributed by atoms with E-state index in [1.165, 1.54) is 4.90 Å². The van der Waals surface area contributed by atoms with Gasteiger partial charge in [0.1, 0.15) is 17.6 Å². The summed E-state index contributed by atoms with van der Waals surface area (Å²) in [6.07, 6.45) is 5.18. The molecule has 8 heteroatoms. The van der Waals surface area contributed by atoms with Crippen LogP contribution in [0.5, 0.6) is 0 Å². The largest absolute Gasteiger partial charge is 0.465 e. The van der Waals surface area contributed by atoms with Gasteiger partial charge in [-0.3, -0.25) is 14.4 Å². The van der Waals surface area contributed by atoms with Gasteiger partial charge in [-0.15, -0.1) is 13.2 Å². The SMILES string of the molecule is C=CCCOC(=O)[C@@H]1[C@H]2C(=O)N(CCCO)C(C(=O)N(CC=C)c3cc(C)ccc3C)C23CC[C@@]1(C)O3. The van der Waals surface area contributed by atoms with Crippen LogP contribution in [-0.2, 0) is 23.9 Å². The van der Waals surface area contributed by atoms with Crippen molar-refractivity contribution in [2.24, 2.45) is 11.8 Å². The summed E-state index contributed by atoms with van der Waals surface area (Å²) in [5.74, 6) is -2.66. The quantitative estimate of drug-likeness (QED) is 0.279. The topological polar surface area (TPSA) is 96.4 Å². The fourth-order valence-electron chi connectivity index (χ4n) is 6.47. The average molecular weight is 511 g/mol. The number of amides is 2. The predicted octanol–water partition coefficient (Wildman–Crippen LogP) is 3.09. The zero-order valence-corrected chi connectivity index (χ0v) is 22.1. The third-order valence-corrected chi connectivity index (χ3v) is 8.12. The fourth-order valence-corrected chi connectivity index (χ4v) is 6.47. The maximum atomic E-state index is 14.5. The summed E-state index contributed by atoms with van der Waals surface area (Å²) in [4.78, 5) is 44.9. The molecule has 200 valence electrons. The van der Waals surface area contributed by atoms with Crippen LogP contribution >= 0.6 is 0 Å². The second kappa shape index (κ2) is 10.4. The fraction of sp³-hybridized carbons (Fsp3) is 0.552. The Morgan fingerprint density at radius 2 is 2.03 bits per heavy atom. The number of rotatable bonds is 11. The minimum atomic E-state index is -1.14. The average Bonchev–Trinajstić information content (AvgIpc) is 3.43. The van der Waals surface area contributed by atoms with Crippen molar-refractivity contribution in [3.8, 4) is 0 Å². The molecule has 5 atom stereocenters. The Morgan fingerprint density at radius 1 is 1.27 bits per heavy atom. The van der Waals surface area contributed by atoms with Gasteiger partial charge in [-0.25, -0.2) is 0 Å². The number of ether oxygens (including phenoxy) is 2. The summed E-state index contributed by atoms with van der Waals surface area (Å²) in [5, 5.41) is 9.55. The van der Waals surface area contributed by atoms with Gasteiger partial charge in [0.05, 0.1) is 18.1 Å². The molecule has 0 radical (unpaired) electrons. The van der Waals surface area contributed by atoms with Crippen molar-refractivity contribution in [2.75, 3.05) is 31.2 Å². The second-order valence-electron chi connectivity index (χ2n) is 10.6. The predicted molar refractivity (Wildman–Crippen MR) is 140 cm³/mol. The van der Waals surface area contributed by atoms with Gasteiger partial charge in [0.2, 0.25) is 5.91 Å². The lowest BCUT2D eigenvalue weighted by atomic mass is 9.66. The maximum absolute atomic E-state index is 14.5. The first kappa shape index (κ1) is 27.1. The molecule has 3 aliphatic rings. The highest BCUT2D eigenvalue weighted by Gasteiger charge is 2.78. The molecule has 3 fully saturated rings. The number of aliphatic hydroxyl groups is 1. The van der Waals surface area contributed by atoms with E-state index in [9.17, 15) is 19.5 Å². The van der Waals surface area contributed by atoms with Gasteiger partial charge in [-0.05, 0) is 63.6 Å². The molecule has 2 bridgehead atoms. The molecule has 37 heavy (non-hydrogen) atoms. The summed E-state index contributed by atoms with van der Waals surface area (Å²) in [6.45, 7) is 13.8. The van der Waals surface area contributed by atoms with E-state index in [0.29, 0.717) is 25.7 Å². The highest BCUT2D eigenvalue weighted by Crippen LogP contribution is 2.63. The smallest absolute Gasteiger partial charge is 0.312 e. The Bertz CT molecular complexity index is 1100. The molecule has 1 aromatic carbocycles. The van der Waals surface area contributed by atoms with Crippen molar-refractivity contribution in [1.29, 1.82) is 0 Å². The third-order valence-electron chi connectivity index (χ3n) is 8.12. The summed E-state index contributed by atoms with van der Waals surface area (Å²) < 4.78 is 12.1. The zero-order chi connectivity index (χ0) is 27.0. The molecule has 0 saturated carbocycles. The number of nitrogens with zero attached hydrogens (tertiary/aromatic N) is 2. The molecule has 3 saturated heterocycles. The van der Waals surface area contributed by atoms with Crippen LogP contribution < -0.4 is 4.90 Å². The number of hydrogen-bond donors (Lipinski definition) is 1. The Labute approximate surface area is 218 Å². The van der Waals surface area contributed by atoms with Gasteiger partial charge in [-0.1, -0.05) is 24.3 Å². The van der Waals surface area contributed by atoms with Crippen LogP contribution in [0.15, 0.2) is 43.5 Å². The van der Waals surface area contributed by atoms with Crippen LogP contribution in [-0.4, -0.2) is 71.3 Å². The number of aliphatic hydroxyl groups excluding tert-OH is 1. The van der Waals surface area contributed by atoms with Crippen LogP contribution in [0.2, 0.25) is 0 Å². The molecule has 3 heterocycles. The van der Waals surface area contributed by atoms with Crippen molar-refractivity contribution in [3.63, 3.8) is 0 Å². The Morgan fingerprint density at radius 3 is 2.70 bits per heavy atom. The van der Waals surface area contributed by atoms with E-state index in [4.69, 9.17) is 9.47 Å². The first-order valence-corrected chi connectivity index (χ1v) is 13.0. The number of aryl methyl sites for hydroxylation is 2. The first-order valence-electron chi connectivity index (χ1n) is 13.0. The Hall–Kier alpha value is -2.97. The van der Waals surface area contributed by atoms with E-state index >= 15 is 0 Å². The number of anilines is 1. The Kier molecular flexibility index (Phi) is 7.62. The maximum Gasteiger partial charge on any atom is 0.312 e. The summed E-state index contributed by atoms with van der Waals surface area (Å²) in [5.41, 5.74) is 0.644. The normalized spacial score (nSPS) is 29.8. The molecule has 1 aromatic rings. The van der Waals surface area contributed by atoms with Crippen molar-refractivity contribution >= 4 is 23.5 Å². The molecular formula is C29H38N2O6. The summed E-state index contributed by atoms with van der Waals surface area (Å²) >= 11 is 0. The van der Waals surface area contributed by atoms with E-state index in [-0.39, 0.29) is 38.1 Å². The number of hydrogen-bond acceptors (Lipinski definition) is 6. The molecule has 0 aromatic heterocycles. The van der Waals surface area contributed by atoms with Crippen LogP contribution in [0, 0.1) is 25.7 Å². The van der Waals surface area contributed by atoms with Crippen molar-refractivity contribution in [2.45, 2.75) is 63.7 Å². The summed E-state index contributed by atoms with van der Waals surface area (Å²) in [6, 6.07) is 4.98. The molecule has 8 nitrogen and oxygen atoms in total. The minimum Gasteiger partial charge on any atom is -0.465 e. The molecule has 2 unspecified atom stereocenters. The molecular weight excluding hydrogens is 472 g/mol. The van der Waals surface area contributed by atoms with Crippen LogP contribution in [0.4, 0.5) is 5.69 Å². The molecule has 1 spiro atoms. The number of carbonyl (C=O) groups excluding carboxylic acids is 3. The number of carbonyl (C=O) groups is 3. The lowest BCUT2D eigenvalue weighted by Crippen LogP contribution is -2.56. The van der Waals surface area contributed by atoms with Crippen molar-refractivity contribution in [1.82, 2.24) is 4.90 Å². The zero-order valence-electron chi connectivity index (χ0n) is 22.1. The van der Waals surface area contributed by atoms with E-state index < -0.39 is 35.0 Å². The van der Waals surface area contributed by atoms with Gasteiger partial charge in [0.15, 0.2) is 0 Å². The van der Waals surface area contributed by atoms with E-state index in [1.54, 1.807) is 17.1 Å². The standard InChI is InChI=1S/C29H38N2O6/c1-6-8-17-36-27(35)23-22-25(33)31(15-9-16-32)24(29(22)13-12-28(23,5)37-29)26(34)30(14-7-2)21-18-19(3)10-11-20(21)4/h6-7,10-11,18,22-24,32H,1-2,8-9,12-17H2,3-5H3/t22-,23-,24?,28+,29?/m0/s1. The first-order chi connectivity index (χ1) is 17.6. The van der Waals surface area contributed by atoms with Crippen molar-refractivity contribution < 1.29 is 29.0 Å². The van der Waals surface area contributed by atoms with Crippen LogP contribution in [0.3, 0.4) is 0 Å². The lowest BCUT2D eigenvalue weighted by Gasteiger charge is -2.37. The Balaban J connectivity index is 1.77. The lowest BCUT2D eigenvalue weighted by molar-refractivity contribution is -0.159. The molecule has 4 rings (SSSR count). The van der Waals surface area contributed by atoms with Gasteiger partial charge >= 0.3 is 5.97 Å². The number of benzene rings is 1. The molecule has 3 aliphatic heterocycles. The number of fused-ring (bicyclic) bond motifs is 1. The van der Waals surface area contributed by atoms with Gasteiger partial charge in [0, 0.05) is 25.4 Å². The van der Waals surface area contributed by atoms with E-state index in [0.717, 1.165) is 16.8 Å². The molecule has 2 amide bonds. The molecule has 0 aliphatic carbocycles.